The van der Waals surface area contributed by atoms with Crippen LogP contribution in [-0.2, 0) is 14.3 Å². The summed E-state index contributed by atoms with van der Waals surface area (Å²) < 4.78 is 10.8. The fourth-order valence-corrected chi connectivity index (χ4v) is 5.10. The number of rotatable bonds is 15. The highest BCUT2D eigenvalue weighted by atomic mass is 32.2. The highest BCUT2D eigenvalue weighted by Gasteiger charge is 2.37. The van der Waals surface area contributed by atoms with Crippen molar-refractivity contribution in [2.45, 2.75) is 91.3 Å². The van der Waals surface area contributed by atoms with E-state index in [1.165, 1.54) is 0 Å². The number of hydrogen-bond acceptors (Lipinski definition) is 6. The lowest BCUT2D eigenvalue weighted by Gasteiger charge is -2.35. The molecule has 2 aromatic carbocycles. The lowest BCUT2D eigenvalue weighted by Crippen LogP contribution is -2.53. The van der Waals surface area contributed by atoms with Gasteiger partial charge < -0.3 is 25.0 Å². The van der Waals surface area contributed by atoms with Crippen molar-refractivity contribution in [3.05, 3.63) is 59.2 Å². The molecule has 232 valence electrons. The number of carbonyl (C=O) groups is 3. The lowest BCUT2D eigenvalue weighted by molar-refractivity contribution is -0.141. The van der Waals surface area contributed by atoms with Gasteiger partial charge in [-0.3, -0.25) is 9.59 Å². The first kappa shape index (κ1) is 35.0. The predicted octanol–water partition coefficient (Wildman–Crippen LogP) is 7.05. The first-order valence-corrected chi connectivity index (χ1v) is 16.1. The number of alkyl carbamates (subject to hydrolysis) is 1. The van der Waals surface area contributed by atoms with E-state index >= 15 is 0 Å². The summed E-state index contributed by atoms with van der Waals surface area (Å²) in [5, 5.41) is 5.84. The van der Waals surface area contributed by atoms with Crippen LogP contribution in [0.1, 0.15) is 82.5 Å². The maximum atomic E-state index is 14.4. The number of aryl methyl sites for hydroxylation is 1. The molecule has 2 rings (SSSR count). The fourth-order valence-electron chi connectivity index (χ4n) is 4.62. The van der Waals surface area contributed by atoms with Crippen LogP contribution in [-0.4, -0.2) is 60.1 Å². The van der Waals surface area contributed by atoms with Crippen LogP contribution in [0, 0.1) is 13.8 Å². The van der Waals surface area contributed by atoms with Gasteiger partial charge in [0.05, 0.1) is 7.11 Å². The average molecular weight is 600 g/mol. The SMILES string of the molecule is CCCCCCN(C(=O)C(CCSC)NC(=O)OC(C)(C)C)C(C(=O)Nc1ccc(OC)cc1)c1cccc(C)c1C. The molecule has 2 atom stereocenters. The lowest BCUT2D eigenvalue weighted by atomic mass is 9.94. The Balaban J connectivity index is 2.57. The van der Waals surface area contributed by atoms with Gasteiger partial charge in [0.15, 0.2) is 0 Å². The molecule has 0 bridgehead atoms. The van der Waals surface area contributed by atoms with Gasteiger partial charge in [-0.15, -0.1) is 0 Å². The molecule has 8 nitrogen and oxygen atoms in total. The van der Waals surface area contributed by atoms with Crippen LogP contribution in [0.5, 0.6) is 5.75 Å². The molecule has 2 unspecified atom stereocenters. The van der Waals surface area contributed by atoms with Crippen molar-refractivity contribution in [3.8, 4) is 5.75 Å². The molecule has 0 spiro atoms. The number of nitrogens with one attached hydrogen (secondary N) is 2. The van der Waals surface area contributed by atoms with Crippen LogP contribution < -0.4 is 15.4 Å². The molecule has 3 amide bonds. The van der Waals surface area contributed by atoms with Crippen molar-refractivity contribution in [3.63, 3.8) is 0 Å². The van der Waals surface area contributed by atoms with Crippen molar-refractivity contribution in [1.29, 1.82) is 0 Å². The third-order valence-corrected chi connectivity index (χ3v) is 7.64. The number of nitrogens with zero attached hydrogens (tertiary/aromatic N) is 1. The van der Waals surface area contributed by atoms with Crippen LogP contribution in [0.15, 0.2) is 42.5 Å². The number of methoxy groups -OCH3 is 1. The van der Waals surface area contributed by atoms with Gasteiger partial charge in [-0.2, -0.15) is 11.8 Å². The molecule has 0 saturated carbocycles. The Labute approximate surface area is 256 Å². The number of unbranched alkanes of at least 4 members (excludes halogenated alkanes) is 3. The molecule has 0 fully saturated rings. The van der Waals surface area contributed by atoms with E-state index in [2.05, 4.69) is 17.6 Å². The summed E-state index contributed by atoms with van der Waals surface area (Å²) in [5.41, 5.74) is 2.61. The Morgan fingerprint density at radius 2 is 1.69 bits per heavy atom. The molecule has 9 heteroatoms. The van der Waals surface area contributed by atoms with E-state index in [0.29, 0.717) is 30.2 Å². The molecule has 2 aromatic rings. The molecule has 0 aliphatic rings. The van der Waals surface area contributed by atoms with Gasteiger partial charge in [0, 0.05) is 12.2 Å². The summed E-state index contributed by atoms with van der Waals surface area (Å²) in [6.45, 7) is 11.8. The topological polar surface area (TPSA) is 97.0 Å². The van der Waals surface area contributed by atoms with Crippen LogP contribution in [0.2, 0.25) is 0 Å². The van der Waals surface area contributed by atoms with E-state index in [9.17, 15) is 14.4 Å². The first-order chi connectivity index (χ1) is 19.9. The van der Waals surface area contributed by atoms with Crippen molar-refractivity contribution >= 4 is 35.4 Å². The Morgan fingerprint density at radius 3 is 2.29 bits per heavy atom. The zero-order valence-corrected chi connectivity index (χ0v) is 27.4. The Hall–Kier alpha value is -3.20. The van der Waals surface area contributed by atoms with Crippen molar-refractivity contribution in [2.24, 2.45) is 0 Å². The van der Waals surface area contributed by atoms with E-state index in [0.717, 1.165) is 42.4 Å². The van der Waals surface area contributed by atoms with Gasteiger partial charge in [0.25, 0.3) is 5.91 Å². The fraction of sp³-hybridized carbons (Fsp3) is 0.545. The average Bonchev–Trinajstić information content (AvgIpc) is 2.93. The van der Waals surface area contributed by atoms with Crippen LogP contribution >= 0.6 is 11.8 Å². The smallest absolute Gasteiger partial charge is 0.408 e. The summed E-state index contributed by atoms with van der Waals surface area (Å²) in [4.78, 5) is 43.1. The standard InChI is InChI=1S/C33H49N3O5S/c1-9-10-11-12-21-36(31(38)28(20-22-42-8)35-32(39)41-33(4,5)6)29(27-15-13-14-23(2)24(27)3)30(37)34-25-16-18-26(40-7)19-17-25/h13-19,28-29H,9-12,20-22H2,1-8H3,(H,34,37)(H,35,39). The minimum Gasteiger partial charge on any atom is -0.497 e. The van der Waals surface area contributed by atoms with Gasteiger partial charge in [-0.1, -0.05) is 44.4 Å². The molecule has 0 saturated heterocycles. The highest BCUT2D eigenvalue weighted by Crippen LogP contribution is 2.30. The summed E-state index contributed by atoms with van der Waals surface area (Å²) in [5.74, 6) is 0.708. The molecular formula is C33H49N3O5S. The van der Waals surface area contributed by atoms with E-state index in [4.69, 9.17) is 9.47 Å². The largest absolute Gasteiger partial charge is 0.497 e. The molecule has 0 aliphatic heterocycles. The molecular weight excluding hydrogens is 550 g/mol. The predicted molar refractivity (Wildman–Crippen MR) is 172 cm³/mol. The van der Waals surface area contributed by atoms with E-state index in [1.807, 2.05) is 38.3 Å². The van der Waals surface area contributed by atoms with Crippen molar-refractivity contribution < 1.29 is 23.9 Å². The number of carbonyl (C=O) groups excluding carboxylic acids is 3. The summed E-state index contributed by atoms with van der Waals surface area (Å²) >= 11 is 1.59. The molecule has 0 aromatic heterocycles. The quantitative estimate of drug-likeness (QED) is 0.213. The molecule has 0 aliphatic carbocycles. The number of ether oxygens (including phenoxy) is 2. The maximum Gasteiger partial charge on any atom is 0.408 e. The second-order valence-electron chi connectivity index (χ2n) is 11.5. The zero-order chi connectivity index (χ0) is 31.3. The van der Waals surface area contributed by atoms with Crippen LogP contribution in [0.25, 0.3) is 0 Å². The minimum absolute atomic E-state index is 0.304. The van der Waals surface area contributed by atoms with E-state index in [-0.39, 0.29) is 11.8 Å². The van der Waals surface area contributed by atoms with Gasteiger partial charge >= 0.3 is 6.09 Å². The summed E-state index contributed by atoms with van der Waals surface area (Å²) in [7, 11) is 1.59. The van der Waals surface area contributed by atoms with Crippen LogP contribution in [0.4, 0.5) is 10.5 Å². The van der Waals surface area contributed by atoms with Gasteiger partial charge in [-0.25, -0.2) is 4.79 Å². The molecule has 2 N–H and O–H groups in total. The molecule has 42 heavy (non-hydrogen) atoms. The van der Waals surface area contributed by atoms with Gasteiger partial charge in [0.2, 0.25) is 5.91 Å². The molecule has 0 radical (unpaired) electrons. The Morgan fingerprint density at radius 1 is 1.00 bits per heavy atom. The second-order valence-corrected chi connectivity index (χ2v) is 12.5. The van der Waals surface area contributed by atoms with Crippen LogP contribution in [0.3, 0.4) is 0 Å². The first-order valence-electron chi connectivity index (χ1n) is 14.7. The number of anilines is 1. The maximum absolute atomic E-state index is 14.4. The number of hydrogen-bond donors (Lipinski definition) is 2. The third-order valence-electron chi connectivity index (χ3n) is 6.99. The second kappa shape index (κ2) is 17.0. The number of thioether (sulfide) groups is 1. The van der Waals surface area contributed by atoms with Crippen molar-refractivity contribution in [1.82, 2.24) is 10.2 Å². The summed E-state index contributed by atoms with van der Waals surface area (Å²) in [6, 6.07) is 11.2. The monoisotopic (exact) mass is 599 g/mol. The third kappa shape index (κ3) is 10.9. The normalized spacial score (nSPS) is 12.7. The minimum atomic E-state index is -0.904. The highest BCUT2D eigenvalue weighted by molar-refractivity contribution is 7.98. The van der Waals surface area contributed by atoms with Gasteiger partial charge in [-0.05, 0) is 100 Å². The van der Waals surface area contributed by atoms with Gasteiger partial charge in [0.1, 0.15) is 23.4 Å². The zero-order valence-electron chi connectivity index (χ0n) is 26.5. The Kier molecular flexibility index (Phi) is 14.2. The summed E-state index contributed by atoms with van der Waals surface area (Å²) in [6.07, 6.45) is 5.44. The molecule has 0 heterocycles. The van der Waals surface area contributed by atoms with E-state index < -0.39 is 23.8 Å². The number of benzene rings is 2. The van der Waals surface area contributed by atoms with E-state index in [1.54, 1.807) is 68.8 Å². The number of amides is 3. The van der Waals surface area contributed by atoms with Crippen molar-refractivity contribution in [2.75, 3.05) is 31.0 Å². The Bertz CT molecular complexity index is 1160.